The van der Waals surface area contributed by atoms with E-state index in [0.29, 0.717) is 24.2 Å². The molecule has 4 nitrogen and oxygen atoms in total. The average Bonchev–Trinajstić information content (AvgIpc) is 3.34. The van der Waals surface area contributed by atoms with Crippen molar-refractivity contribution >= 4 is 11.8 Å². The molecule has 1 N–H and O–H groups in total. The van der Waals surface area contributed by atoms with Crippen molar-refractivity contribution in [2.75, 3.05) is 0 Å². The van der Waals surface area contributed by atoms with Crippen molar-refractivity contribution in [1.29, 1.82) is 0 Å². The van der Waals surface area contributed by atoms with Gasteiger partial charge in [0.15, 0.2) is 5.78 Å². The summed E-state index contributed by atoms with van der Waals surface area (Å²) in [4.78, 5) is 26.3. The first-order valence-electron chi connectivity index (χ1n) is 12.3. The summed E-state index contributed by atoms with van der Waals surface area (Å²) in [6.07, 6.45) is 15.3. The highest BCUT2D eigenvalue weighted by atomic mass is 16.5. The lowest BCUT2D eigenvalue weighted by atomic mass is 9.70. The Labute approximate surface area is 181 Å². The van der Waals surface area contributed by atoms with Gasteiger partial charge in [-0.1, -0.05) is 51.3 Å². The summed E-state index contributed by atoms with van der Waals surface area (Å²) in [6.45, 7) is 4.01. The maximum Gasteiger partial charge on any atom is 0.306 e. The van der Waals surface area contributed by atoms with Gasteiger partial charge in [-0.15, -0.1) is 0 Å². The monoisotopic (exact) mass is 414 g/mol. The molecule has 166 valence electrons. The number of esters is 1. The van der Waals surface area contributed by atoms with Crippen molar-refractivity contribution in [3.05, 3.63) is 23.8 Å². The number of hydrogen-bond acceptors (Lipinski definition) is 4. The number of carbonyl (C=O) groups excluding carboxylic acids is 2. The Morgan fingerprint density at radius 2 is 1.87 bits per heavy atom. The molecular formula is C26H38O4. The molecule has 5 unspecified atom stereocenters. The molecule has 0 aromatic carbocycles. The van der Waals surface area contributed by atoms with Gasteiger partial charge in [-0.3, -0.25) is 9.59 Å². The molecule has 4 heteroatoms. The number of cyclic esters (lactones) is 1. The Kier molecular flexibility index (Phi) is 6.81. The third-order valence-electron chi connectivity index (χ3n) is 8.25. The van der Waals surface area contributed by atoms with Crippen LogP contribution in [-0.2, 0) is 14.3 Å². The minimum absolute atomic E-state index is 0.0424. The molecule has 2 fully saturated rings. The van der Waals surface area contributed by atoms with Gasteiger partial charge in [0, 0.05) is 11.8 Å². The number of unbranched alkanes of at least 4 members (excludes halogenated alkanes) is 1. The molecule has 0 radical (unpaired) electrons. The number of allylic oxidation sites excluding steroid dienone is 4. The minimum atomic E-state index is -0.626. The van der Waals surface area contributed by atoms with Crippen molar-refractivity contribution < 1.29 is 19.4 Å². The van der Waals surface area contributed by atoms with Gasteiger partial charge >= 0.3 is 5.97 Å². The van der Waals surface area contributed by atoms with Gasteiger partial charge in [-0.25, -0.2) is 0 Å². The number of aliphatic hydroxyl groups excluding tert-OH is 1. The van der Waals surface area contributed by atoms with E-state index in [1.54, 1.807) is 0 Å². The van der Waals surface area contributed by atoms with Gasteiger partial charge in [-0.2, -0.15) is 0 Å². The molecule has 1 aliphatic heterocycles. The quantitative estimate of drug-likeness (QED) is 0.521. The SMILES string of the molecule is CCCC[C@H]1CCC[C@H](O)[C@@H](C)C(=O)C2=CC3C(C=CC4CCCC43)C2CC(=O)O1. The van der Waals surface area contributed by atoms with Crippen molar-refractivity contribution in [3.8, 4) is 0 Å². The van der Waals surface area contributed by atoms with Crippen LogP contribution in [0.25, 0.3) is 0 Å². The second-order valence-corrected chi connectivity index (χ2v) is 10.1. The summed E-state index contributed by atoms with van der Waals surface area (Å²) in [7, 11) is 0. The largest absolute Gasteiger partial charge is 0.462 e. The first-order valence-corrected chi connectivity index (χ1v) is 12.3. The van der Waals surface area contributed by atoms with Gasteiger partial charge in [-0.05, 0) is 67.8 Å². The van der Waals surface area contributed by atoms with Gasteiger partial charge in [0.1, 0.15) is 6.10 Å². The molecule has 4 aliphatic rings. The second kappa shape index (κ2) is 9.38. The molecule has 1 saturated heterocycles. The van der Waals surface area contributed by atoms with Crippen LogP contribution in [0.4, 0.5) is 0 Å². The Hall–Kier alpha value is -1.42. The molecule has 0 aromatic rings. The maximum absolute atomic E-state index is 13.4. The van der Waals surface area contributed by atoms with Crippen molar-refractivity contribution in [2.45, 2.75) is 90.3 Å². The Morgan fingerprint density at radius 1 is 1.07 bits per heavy atom. The van der Waals surface area contributed by atoms with E-state index in [2.05, 4.69) is 25.2 Å². The molecule has 8 atom stereocenters. The number of hydrogen-bond donors (Lipinski definition) is 1. The topological polar surface area (TPSA) is 63.6 Å². The van der Waals surface area contributed by atoms with E-state index >= 15 is 0 Å². The van der Waals surface area contributed by atoms with Crippen LogP contribution in [0.15, 0.2) is 23.8 Å². The summed E-state index contributed by atoms with van der Waals surface area (Å²) in [5.41, 5.74) is 0.788. The standard InChI is InChI=1S/C26H38O4/c1-3-4-8-18-9-6-11-24(27)16(2)26(29)23-14-21-19-10-5-7-17(19)12-13-20(21)22(23)15-25(28)30-18/h12-14,16-22,24,27H,3-11,15H2,1-2H3/t16-,17?,18+,19?,20?,21?,22?,24+/m1/s1. The normalized spacial score (nSPS) is 41.8. The predicted molar refractivity (Wildman–Crippen MR) is 117 cm³/mol. The Morgan fingerprint density at radius 3 is 2.67 bits per heavy atom. The molecule has 0 amide bonds. The second-order valence-electron chi connectivity index (χ2n) is 10.1. The van der Waals surface area contributed by atoms with Crippen LogP contribution < -0.4 is 0 Å². The van der Waals surface area contributed by atoms with Gasteiger partial charge in [0.25, 0.3) is 0 Å². The molecule has 4 rings (SSSR count). The Balaban J connectivity index is 1.61. The zero-order chi connectivity index (χ0) is 21.3. The number of ether oxygens (including phenoxy) is 1. The van der Waals surface area contributed by atoms with E-state index < -0.39 is 12.0 Å². The van der Waals surface area contributed by atoms with Crippen LogP contribution in [0, 0.1) is 35.5 Å². The van der Waals surface area contributed by atoms with Crippen molar-refractivity contribution in [1.82, 2.24) is 0 Å². The zero-order valence-corrected chi connectivity index (χ0v) is 18.6. The highest BCUT2D eigenvalue weighted by molar-refractivity contribution is 5.99. The van der Waals surface area contributed by atoms with Crippen LogP contribution in [-0.4, -0.2) is 29.1 Å². The lowest BCUT2D eigenvalue weighted by Gasteiger charge is -2.34. The van der Waals surface area contributed by atoms with E-state index in [1.165, 1.54) is 19.3 Å². The van der Waals surface area contributed by atoms with Crippen LogP contribution >= 0.6 is 0 Å². The van der Waals surface area contributed by atoms with E-state index in [1.807, 2.05) is 6.92 Å². The van der Waals surface area contributed by atoms with Gasteiger partial charge < -0.3 is 9.84 Å². The third kappa shape index (κ3) is 4.30. The van der Waals surface area contributed by atoms with Crippen LogP contribution in [0.2, 0.25) is 0 Å². The van der Waals surface area contributed by atoms with E-state index in [9.17, 15) is 14.7 Å². The number of ketones is 1. The van der Waals surface area contributed by atoms with Gasteiger partial charge in [0.05, 0.1) is 12.5 Å². The molecule has 3 aliphatic carbocycles. The first-order chi connectivity index (χ1) is 14.5. The van der Waals surface area contributed by atoms with Gasteiger partial charge in [0.2, 0.25) is 0 Å². The molecule has 1 saturated carbocycles. The average molecular weight is 415 g/mol. The summed E-state index contributed by atoms with van der Waals surface area (Å²) >= 11 is 0. The minimum Gasteiger partial charge on any atom is -0.462 e. The summed E-state index contributed by atoms with van der Waals surface area (Å²) < 4.78 is 5.91. The van der Waals surface area contributed by atoms with E-state index in [0.717, 1.165) is 37.7 Å². The summed E-state index contributed by atoms with van der Waals surface area (Å²) in [6, 6.07) is 0. The lowest BCUT2D eigenvalue weighted by molar-refractivity contribution is -0.151. The number of rotatable bonds is 3. The number of carbonyl (C=O) groups is 2. The Bertz CT molecular complexity index is 708. The van der Waals surface area contributed by atoms with Crippen LogP contribution in [0.3, 0.4) is 0 Å². The van der Waals surface area contributed by atoms with Crippen molar-refractivity contribution in [3.63, 3.8) is 0 Å². The lowest BCUT2D eigenvalue weighted by Crippen LogP contribution is -2.33. The van der Waals surface area contributed by atoms with E-state index in [-0.39, 0.29) is 36.1 Å². The fourth-order valence-corrected chi connectivity index (χ4v) is 6.46. The predicted octanol–water partition coefficient (Wildman–Crippen LogP) is 5.00. The summed E-state index contributed by atoms with van der Waals surface area (Å²) in [5, 5.41) is 10.7. The van der Waals surface area contributed by atoms with Crippen LogP contribution in [0.1, 0.15) is 78.1 Å². The third-order valence-corrected chi connectivity index (χ3v) is 8.25. The van der Waals surface area contributed by atoms with Crippen LogP contribution in [0.5, 0.6) is 0 Å². The highest BCUT2D eigenvalue weighted by Crippen LogP contribution is 2.53. The van der Waals surface area contributed by atoms with Crippen molar-refractivity contribution in [2.24, 2.45) is 35.5 Å². The number of aliphatic hydroxyl groups is 1. The number of fused-ring (bicyclic) bond motifs is 5. The highest BCUT2D eigenvalue weighted by Gasteiger charge is 2.48. The first kappa shape index (κ1) is 21.8. The molecule has 0 spiro atoms. The molecule has 0 bridgehead atoms. The molecule has 30 heavy (non-hydrogen) atoms. The smallest absolute Gasteiger partial charge is 0.306 e. The van der Waals surface area contributed by atoms with E-state index in [4.69, 9.17) is 4.74 Å². The molecule has 0 aromatic heterocycles. The fourth-order valence-electron chi connectivity index (χ4n) is 6.46. The molecular weight excluding hydrogens is 376 g/mol. The number of Topliss-reactive ketones (excluding diaryl/α,β-unsaturated/α-hetero) is 1. The fraction of sp³-hybridized carbons (Fsp3) is 0.769. The zero-order valence-electron chi connectivity index (χ0n) is 18.6. The maximum atomic E-state index is 13.4. The molecule has 1 heterocycles. The summed E-state index contributed by atoms with van der Waals surface area (Å²) in [5.74, 6) is 1.16.